The van der Waals surface area contributed by atoms with Crippen LogP contribution in [0.15, 0.2) is 24.3 Å². The molecule has 1 aromatic rings. The number of benzene rings is 1. The first-order valence-electron chi connectivity index (χ1n) is 5.28. The van der Waals surface area contributed by atoms with Gasteiger partial charge in [-0.05, 0) is 13.0 Å². The Morgan fingerprint density at radius 2 is 2.13 bits per heavy atom. The zero-order valence-electron chi connectivity index (χ0n) is 9.19. The fourth-order valence-corrected chi connectivity index (χ4v) is 2.46. The van der Waals surface area contributed by atoms with Crippen LogP contribution in [0.3, 0.4) is 0 Å². The number of ether oxygens (including phenoxy) is 1. The van der Waals surface area contributed by atoms with Gasteiger partial charge in [-0.3, -0.25) is 0 Å². The van der Waals surface area contributed by atoms with Gasteiger partial charge in [-0.15, -0.1) is 0 Å². The van der Waals surface area contributed by atoms with Gasteiger partial charge in [0.05, 0.1) is 7.11 Å². The average molecular weight is 223 g/mol. The van der Waals surface area contributed by atoms with Crippen molar-refractivity contribution in [1.82, 2.24) is 5.32 Å². The molecular formula is C12H17NOS. The molecule has 1 aliphatic rings. The van der Waals surface area contributed by atoms with Gasteiger partial charge in [0, 0.05) is 29.2 Å². The molecule has 15 heavy (non-hydrogen) atoms. The Morgan fingerprint density at radius 3 is 2.73 bits per heavy atom. The Bertz CT molecular complexity index is 325. The van der Waals surface area contributed by atoms with Crippen LogP contribution in [-0.2, 0) is 0 Å². The average Bonchev–Trinajstić information content (AvgIpc) is 2.23. The first-order valence-corrected chi connectivity index (χ1v) is 6.43. The van der Waals surface area contributed by atoms with E-state index in [1.54, 1.807) is 7.11 Å². The fraction of sp³-hybridized carbons (Fsp3) is 0.500. The normalized spacial score (nSPS) is 18.3. The first kappa shape index (κ1) is 10.8. The van der Waals surface area contributed by atoms with Crippen molar-refractivity contribution in [3.8, 4) is 5.75 Å². The van der Waals surface area contributed by atoms with E-state index in [2.05, 4.69) is 24.4 Å². The van der Waals surface area contributed by atoms with Gasteiger partial charge in [-0.1, -0.05) is 18.2 Å². The minimum Gasteiger partial charge on any atom is -0.496 e. The number of thioether (sulfide) groups is 1. The molecule has 1 atom stereocenters. The molecule has 0 amide bonds. The molecule has 1 saturated heterocycles. The van der Waals surface area contributed by atoms with Gasteiger partial charge in [0.2, 0.25) is 0 Å². The molecular weight excluding hydrogens is 206 g/mol. The van der Waals surface area contributed by atoms with E-state index < -0.39 is 0 Å². The second-order valence-electron chi connectivity index (χ2n) is 3.86. The summed E-state index contributed by atoms with van der Waals surface area (Å²) in [7, 11) is 1.73. The van der Waals surface area contributed by atoms with E-state index in [1.165, 1.54) is 17.1 Å². The minimum atomic E-state index is 0.368. The standard InChI is InChI=1S/C12H17NOS/c1-9(13-10-7-15-8-10)11-5-3-4-6-12(11)14-2/h3-6,9-10,13H,7-8H2,1-2H3. The molecule has 0 spiro atoms. The van der Waals surface area contributed by atoms with Crippen LogP contribution in [0.25, 0.3) is 0 Å². The molecule has 2 nitrogen and oxygen atoms in total. The third kappa shape index (κ3) is 2.47. The topological polar surface area (TPSA) is 21.3 Å². The van der Waals surface area contributed by atoms with Crippen LogP contribution in [0.1, 0.15) is 18.5 Å². The molecule has 0 aromatic heterocycles. The van der Waals surface area contributed by atoms with Gasteiger partial charge >= 0.3 is 0 Å². The molecule has 0 aliphatic carbocycles. The highest BCUT2D eigenvalue weighted by atomic mass is 32.2. The molecule has 1 aromatic carbocycles. The van der Waals surface area contributed by atoms with Crippen molar-refractivity contribution in [2.75, 3.05) is 18.6 Å². The molecule has 1 N–H and O–H groups in total. The summed E-state index contributed by atoms with van der Waals surface area (Å²) in [6.45, 7) is 2.20. The monoisotopic (exact) mass is 223 g/mol. The first-order chi connectivity index (χ1) is 7.31. The Labute approximate surface area is 95.4 Å². The number of para-hydroxylation sites is 1. The zero-order valence-corrected chi connectivity index (χ0v) is 10.0. The fourth-order valence-electron chi connectivity index (χ4n) is 1.80. The van der Waals surface area contributed by atoms with E-state index in [0.717, 1.165) is 5.75 Å². The lowest BCUT2D eigenvalue weighted by Crippen LogP contribution is -2.41. The van der Waals surface area contributed by atoms with Crippen LogP contribution in [0, 0.1) is 0 Å². The maximum absolute atomic E-state index is 5.35. The van der Waals surface area contributed by atoms with Crippen molar-refractivity contribution in [2.45, 2.75) is 19.0 Å². The summed E-state index contributed by atoms with van der Waals surface area (Å²) < 4.78 is 5.35. The molecule has 2 rings (SSSR count). The van der Waals surface area contributed by atoms with Crippen LogP contribution in [0.5, 0.6) is 5.75 Å². The highest BCUT2D eigenvalue weighted by molar-refractivity contribution is 8.00. The molecule has 3 heteroatoms. The quantitative estimate of drug-likeness (QED) is 0.847. The largest absolute Gasteiger partial charge is 0.496 e. The lowest BCUT2D eigenvalue weighted by molar-refractivity contribution is 0.397. The van der Waals surface area contributed by atoms with Gasteiger partial charge in [0.1, 0.15) is 5.75 Å². The van der Waals surface area contributed by atoms with Crippen LogP contribution in [0.4, 0.5) is 0 Å². The molecule has 0 bridgehead atoms. The SMILES string of the molecule is COc1ccccc1C(C)NC1CSC1. The lowest BCUT2D eigenvalue weighted by Gasteiger charge is -2.30. The summed E-state index contributed by atoms with van der Waals surface area (Å²) in [5.74, 6) is 3.45. The smallest absolute Gasteiger partial charge is 0.123 e. The van der Waals surface area contributed by atoms with E-state index in [1.807, 2.05) is 23.9 Å². The zero-order chi connectivity index (χ0) is 10.7. The lowest BCUT2D eigenvalue weighted by atomic mass is 10.1. The highest BCUT2D eigenvalue weighted by Crippen LogP contribution is 2.27. The van der Waals surface area contributed by atoms with E-state index in [0.29, 0.717) is 12.1 Å². The van der Waals surface area contributed by atoms with Crippen molar-refractivity contribution < 1.29 is 4.74 Å². The summed E-state index contributed by atoms with van der Waals surface area (Å²) in [4.78, 5) is 0. The Morgan fingerprint density at radius 1 is 1.40 bits per heavy atom. The molecule has 1 aliphatic heterocycles. The second kappa shape index (κ2) is 4.90. The van der Waals surface area contributed by atoms with E-state index in [9.17, 15) is 0 Å². The Balaban J connectivity index is 2.05. The van der Waals surface area contributed by atoms with E-state index in [4.69, 9.17) is 4.74 Å². The summed E-state index contributed by atoms with van der Waals surface area (Å²) in [6, 6.07) is 9.26. The van der Waals surface area contributed by atoms with Gasteiger partial charge in [-0.25, -0.2) is 0 Å². The third-order valence-corrected chi connectivity index (χ3v) is 4.01. The number of nitrogens with one attached hydrogen (secondary N) is 1. The molecule has 1 heterocycles. The molecule has 0 saturated carbocycles. The maximum atomic E-state index is 5.35. The van der Waals surface area contributed by atoms with Crippen LogP contribution in [-0.4, -0.2) is 24.7 Å². The number of hydrogen-bond acceptors (Lipinski definition) is 3. The van der Waals surface area contributed by atoms with Gasteiger partial charge in [0.15, 0.2) is 0 Å². The number of hydrogen-bond donors (Lipinski definition) is 1. The molecule has 0 radical (unpaired) electrons. The maximum Gasteiger partial charge on any atom is 0.123 e. The summed E-state index contributed by atoms with van der Waals surface area (Å²) in [6.07, 6.45) is 0. The number of methoxy groups -OCH3 is 1. The predicted molar refractivity (Wildman–Crippen MR) is 65.7 cm³/mol. The predicted octanol–water partition coefficient (Wildman–Crippen LogP) is 2.46. The van der Waals surface area contributed by atoms with Crippen molar-refractivity contribution in [1.29, 1.82) is 0 Å². The van der Waals surface area contributed by atoms with Crippen LogP contribution < -0.4 is 10.1 Å². The summed E-state index contributed by atoms with van der Waals surface area (Å²) in [5, 5.41) is 3.61. The minimum absolute atomic E-state index is 0.368. The van der Waals surface area contributed by atoms with Crippen molar-refractivity contribution >= 4 is 11.8 Å². The van der Waals surface area contributed by atoms with Crippen LogP contribution in [0.2, 0.25) is 0 Å². The molecule has 1 fully saturated rings. The molecule has 1 unspecified atom stereocenters. The van der Waals surface area contributed by atoms with Crippen LogP contribution >= 0.6 is 11.8 Å². The molecule has 82 valence electrons. The second-order valence-corrected chi connectivity index (χ2v) is 4.94. The van der Waals surface area contributed by atoms with Crippen molar-refractivity contribution in [3.63, 3.8) is 0 Å². The van der Waals surface area contributed by atoms with E-state index in [-0.39, 0.29) is 0 Å². The number of rotatable bonds is 4. The highest BCUT2D eigenvalue weighted by Gasteiger charge is 2.21. The van der Waals surface area contributed by atoms with Gasteiger partial charge in [0.25, 0.3) is 0 Å². The van der Waals surface area contributed by atoms with Crippen molar-refractivity contribution in [2.24, 2.45) is 0 Å². The summed E-state index contributed by atoms with van der Waals surface area (Å²) >= 11 is 2.00. The summed E-state index contributed by atoms with van der Waals surface area (Å²) in [5.41, 5.74) is 1.25. The third-order valence-electron chi connectivity index (χ3n) is 2.73. The Kier molecular flexibility index (Phi) is 3.54. The van der Waals surface area contributed by atoms with Crippen molar-refractivity contribution in [3.05, 3.63) is 29.8 Å². The Hall–Kier alpha value is -0.670. The van der Waals surface area contributed by atoms with Gasteiger partial charge in [-0.2, -0.15) is 11.8 Å². The van der Waals surface area contributed by atoms with Gasteiger partial charge < -0.3 is 10.1 Å². The van der Waals surface area contributed by atoms with E-state index >= 15 is 0 Å².